The normalized spacial score (nSPS) is 18.1. The summed E-state index contributed by atoms with van der Waals surface area (Å²) in [5.74, 6) is 0. The van der Waals surface area contributed by atoms with Crippen LogP contribution in [-0.4, -0.2) is 36.0 Å². The smallest absolute Gasteiger partial charge is 0.246 e. The summed E-state index contributed by atoms with van der Waals surface area (Å²) >= 11 is 0. The average Bonchev–Trinajstić information content (AvgIpc) is 2.85. The first kappa shape index (κ1) is 11.6. The third-order valence-corrected chi connectivity index (χ3v) is 4.92. The molecule has 1 aliphatic rings. The molecule has 0 unspecified atom stereocenters. The first-order chi connectivity index (χ1) is 7.57. The molecule has 0 bridgehead atoms. The molecule has 1 aliphatic heterocycles. The molecule has 7 heteroatoms. The van der Waals surface area contributed by atoms with E-state index in [0.29, 0.717) is 24.5 Å². The van der Waals surface area contributed by atoms with Gasteiger partial charge in [0.05, 0.1) is 11.4 Å². The number of sulfonamides is 1. The lowest BCUT2D eigenvalue weighted by atomic mass is 10.4. The summed E-state index contributed by atoms with van der Waals surface area (Å²) in [6.07, 6.45) is 1.85. The van der Waals surface area contributed by atoms with Crippen molar-refractivity contribution < 1.29 is 8.42 Å². The van der Waals surface area contributed by atoms with E-state index in [-0.39, 0.29) is 11.4 Å². The summed E-state index contributed by atoms with van der Waals surface area (Å²) in [7, 11) is -3.41. The maximum Gasteiger partial charge on any atom is 0.246 e. The van der Waals surface area contributed by atoms with Gasteiger partial charge in [0.15, 0.2) is 0 Å². The van der Waals surface area contributed by atoms with E-state index in [9.17, 15) is 8.42 Å². The number of nitrogens with two attached hydrogens (primary N) is 1. The molecule has 1 fully saturated rings. The molecular weight excluding hydrogens is 228 g/mol. The number of rotatable bonds is 3. The van der Waals surface area contributed by atoms with Crippen molar-refractivity contribution in [2.24, 2.45) is 5.73 Å². The fourth-order valence-electron chi connectivity index (χ4n) is 2.01. The molecule has 2 heterocycles. The minimum atomic E-state index is -3.41. The fraction of sp³-hybridized carbons (Fsp3) is 0.667. The molecule has 0 amide bonds. The summed E-state index contributed by atoms with van der Waals surface area (Å²) in [4.78, 5) is 0.261. The van der Waals surface area contributed by atoms with Crippen LogP contribution in [0.3, 0.4) is 0 Å². The van der Waals surface area contributed by atoms with Gasteiger partial charge in [-0.15, -0.1) is 0 Å². The molecule has 0 aliphatic carbocycles. The average molecular weight is 244 g/mol. The van der Waals surface area contributed by atoms with Gasteiger partial charge < -0.3 is 5.73 Å². The Morgan fingerprint density at radius 1 is 1.44 bits per heavy atom. The first-order valence-corrected chi connectivity index (χ1v) is 6.75. The lowest BCUT2D eigenvalue weighted by Crippen LogP contribution is -2.29. The molecule has 6 nitrogen and oxygen atoms in total. The Morgan fingerprint density at radius 3 is 2.62 bits per heavy atom. The maximum atomic E-state index is 12.3. The van der Waals surface area contributed by atoms with Crippen molar-refractivity contribution in [2.45, 2.75) is 31.2 Å². The molecular formula is C9H16N4O2S. The molecule has 0 aromatic carbocycles. The lowest BCUT2D eigenvalue weighted by molar-refractivity contribution is 0.476. The van der Waals surface area contributed by atoms with Gasteiger partial charge in [0.25, 0.3) is 0 Å². The maximum absolute atomic E-state index is 12.3. The largest absolute Gasteiger partial charge is 0.325 e. The van der Waals surface area contributed by atoms with Crippen molar-refractivity contribution >= 4 is 10.0 Å². The second-order valence-corrected chi connectivity index (χ2v) is 5.81. The Balaban J connectivity index is 2.45. The van der Waals surface area contributed by atoms with Crippen LogP contribution in [0.5, 0.6) is 0 Å². The number of aromatic nitrogens is 2. The van der Waals surface area contributed by atoms with Gasteiger partial charge in [0, 0.05) is 19.6 Å². The molecule has 2 rings (SSSR count). The highest BCUT2D eigenvalue weighted by atomic mass is 32.2. The first-order valence-electron chi connectivity index (χ1n) is 5.31. The van der Waals surface area contributed by atoms with E-state index >= 15 is 0 Å². The van der Waals surface area contributed by atoms with Gasteiger partial charge in [-0.05, 0) is 19.8 Å². The van der Waals surface area contributed by atoms with E-state index in [4.69, 9.17) is 5.73 Å². The second-order valence-electron chi connectivity index (χ2n) is 3.94. The molecule has 0 spiro atoms. The molecule has 0 saturated carbocycles. The SMILES string of the molecule is Cc1[nH]nc(CN)c1S(=O)(=O)N1CCCC1. The van der Waals surface area contributed by atoms with Crippen molar-refractivity contribution in [1.29, 1.82) is 0 Å². The zero-order valence-corrected chi connectivity index (χ0v) is 10.0. The Bertz CT molecular complexity index is 474. The predicted molar refractivity (Wildman–Crippen MR) is 59.2 cm³/mol. The van der Waals surface area contributed by atoms with Crippen molar-refractivity contribution in [2.75, 3.05) is 13.1 Å². The number of hydrogen-bond donors (Lipinski definition) is 2. The van der Waals surface area contributed by atoms with Crippen LogP contribution < -0.4 is 5.73 Å². The zero-order chi connectivity index (χ0) is 11.8. The van der Waals surface area contributed by atoms with Gasteiger partial charge in [-0.1, -0.05) is 0 Å². The van der Waals surface area contributed by atoms with E-state index in [1.807, 2.05) is 0 Å². The van der Waals surface area contributed by atoms with Gasteiger partial charge in [-0.25, -0.2) is 8.42 Å². The predicted octanol–water partition coefficient (Wildman–Crippen LogP) is -0.0387. The zero-order valence-electron chi connectivity index (χ0n) is 9.23. The Morgan fingerprint density at radius 2 is 2.06 bits per heavy atom. The minimum absolute atomic E-state index is 0.132. The van der Waals surface area contributed by atoms with Crippen LogP contribution in [0.2, 0.25) is 0 Å². The highest BCUT2D eigenvalue weighted by molar-refractivity contribution is 7.89. The van der Waals surface area contributed by atoms with Crippen molar-refractivity contribution in [3.8, 4) is 0 Å². The fourth-order valence-corrected chi connectivity index (χ4v) is 3.86. The Labute approximate surface area is 94.9 Å². The van der Waals surface area contributed by atoms with E-state index in [1.165, 1.54) is 4.31 Å². The number of hydrogen-bond acceptors (Lipinski definition) is 4. The molecule has 1 aromatic rings. The topological polar surface area (TPSA) is 92.1 Å². The monoisotopic (exact) mass is 244 g/mol. The van der Waals surface area contributed by atoms with Crippen LogP contribution in [0.25, 0.3) is 0 Å². The van der Waals surface area contributed by atoms with E-state index in [1.54, 1.807) is 6.92 Å². The summed E-state index contributed by atoms with van der Waals surface area (Å²) in [6, 6.07) is 0. The van der Waals surface area contributed by atoms with Crippen LogP contribution in [0.1, 0.15) is 24.2 Å². The van der Waals surface area contributed by atoms with Gasteiger partial charge in [-0.2, -0.15) is 9.40 Å². The molecule has 3 N–H and O–H groups in total. The third kappa shape index (κ3) is 1.74. The van der Waals surface area contributed by atoms with Crippen molar-refractivity contribution in [3.63, 3.8) is 0 Å². The summed E-state index contributed by atoms with van der Waals surface area (Å²) in [5.41, 5.74) is 6.48. The third-order valence-electron chi connectivity index (χ3n) is 2.82. The number of nitrogens with one attached hydrogen (secondary N) is 1. The molecule has 90 valence electrons. The summed E-state index contributed by atoms with van der Waals surface area (Å²) < 4.78 is 26.1. The van der Waals surface area contributed by atoms with Crippen LogP contribution in [0.4, 0.5) is 0 Å². The standard InChI is InChI=1S/C9H16N4O2S/c1-7-9(8(6-10)12-11-7)16(14,15)13-4-2-3-5-13/h2-6,10H2,1H3,(H,11,12). The van der Waals surface area contributed by atoms with Gasteiger partial charge in [-0.3, -0.25) is 5.10 Å². The highest BCUT2D eigenvalue weighted by Gasteiger charge is 2.31. The van der Waals surface area contributed by atoms with Crippen LogP contribution in [0, 0.1) is 6.92 Å². The van der Waals surface area contributed by atoms with Crippen molar-refractivity contribution in [3.05, 3.63) is 11.4 Å². The molecule has 1 aromatic heterocycles. The van der Waals surface area contributed by atoms with Crippen LogP contribution in [0.15, 0.2) is 4.90 Å². The van der Waals surface area contributed by atoms with Crippen LogP contribution in [-0.2, 0) is 16.6 Å². The quantitative estimate of drug-likeness (QED) is 0.780. The lowest BCUT2D eigenvalue weighted by Gasteiger charge is -2.15. The molecule has 16 heavy (non-hydrogen) atoms. The van der Waals surface area contributed by atoms with Gasteiger partial charge in [0.1, 0.15) is 4.90 Å². The Kier molecular flexibility index (Phi) is 3.00. The van der Waals surface area contributed by atoms with Crippen molar-refractivity contribution in [1.82, 2.24) is 14.5 Å². The second kappa shape index (κ2) is 4.15. The van der Waals surface area contributed by atoms with Gasteiger partial charge in [0.2, 0.25) is 10.0 Å². The highest BCUT2D eigenvalue weighted by Crippen LogP contribution is 2.24. The number of aromatic amines is 1. The van der Waals surface area contributed by atoms with E-state index in [0.717, 1.165) is 12.8 Å². The van der Waals surface area contributed by atoms with Gasteiger partial charge >= 0.3 is 0 Å². The molecule has 1 saturated heterocycles. The van der Waals surface area contributed by atoms with E-state index < -0.39 is 10.0 Å². The number of H-pyrrole nitrogens is 1. The number of nitrogens with zero attached hydrogens (tertiary/aromatic N) is 2. The Hall–Kier alpha value is -0.920. The summed E-state index contributed by atoms with van der Waals surface area (Å²) in [6.45, 7) is 3.02. The molecule has 0 radical (unpaired) electrons. The minimum Gasteiger partial charge on any atom is -0.325 e. The number of aryl methyl sites for hydroxylation is 1. The summed E-state index contributed by atoms with van der Waals surface area (Å²) in [5, 5.41) is 6.60. The van der Waals surface area contributed by atoms with Crippen LogP contribution >= 0.6 is 0 Å². The molecule has 0 atom stereocenters. The van der Waals surface area contributed by atoms with E-state index in [2.05, 4.69) is 10.2 Å².